The second-order valence-corrected chi connectivity index (χ2v) is 8.47. The number of benzene rings is 1. The van der Waals surface area contributed by atoms with Crippen LogP contribution in [0.2, 0.25) is 5.15 Å². The van der Waals surface area contributed by atoms with Crippen molar-refractivity contribution in [2.45, 2.75) is 26.7 Å². The van der Waals surface area contributed by atoms with E-state index in [0.717, 1.165) is 16.1 Å². The van der Waals surface area contributed by atoms with Gasteiger partial charge in [-0.15, -0.1) is 10.2 Å². The average Bonchev–Trinajstić information content (AvgIpc) is 3.04. The Morgan fingerprint density at radius 1 is 1.19 bits per heavy atom. The highest BCUT2D eigenvalue weighted by molar-refractivity contribution is 7.15. The molecule has 0 aliphatic carbocycles. The van der Waals surface area contributed by atoms with Gasteiger partial charge in [-0.25, -0.2) is 4.98 Å². The topological polar surface area (TPSA) is 77.0 Å². The summed E-state index contributed by atoms with van der Waals surface area (Å²) in [5.41, 5.74) is 0.957. The highest BCUT2D eigenvalue weighted by atomic mass is 35.5. The molecular weight excluding hydrogens is 384 g/mol. The number of aryl methyl sites for hydroxylation is 1. The van der Waals surface area contributed by atoms with Crippen LogP contribution in [-0.4, -0.2) is 21.1 Å². The summed E-state index contributed by atoms with van der Waals surface area (Å²) >= 11 is 7.40. The number of ether oxygens (including phenoxy) is 1. The van der Waals surface area contributed by atoms with Crippen LogP contribution in [0, 0.1) is 12.3 Å². The monoisotopic (exact) mass is 400 g/mol. The summed E-state index contributed by atoms with van der Waals surface area (Å²) in [7, 11) is 0. The van der Waals surface area contributed by atoms with E-state index in [4.69, 9.17) is 16.3 Å². The number of pyridine rings is 1. The maximum atomic E-state index is 13.2. The lowest BCUT2D eigenvalue weighted by molar-refractivity contribution is -0.124. The fraction of sp³-hybridized carbons (Fsp3) is 0.263. The number of fused-ring (bicyclic) bond motifs is 2. The second-order valence-electron chi connectivity index (χ2n) is 6.90. The lowest BCUT2D eigenvalue weighted by atomic mass is 9.70. The molecule has 3 aromatic rings. The Hall–Kier alpha value is -2.51. The van der Waals surface area contributed by atoms with E-state index >= 15 is 0 Å². The molecule has 3 heterocycles. The van der Waals surface area contributed by atoms with Gasteiger partial charge >= 0.3 is 0 Å². The molecule has 0 fully saturated rings. The Morgan fingerprint density at radius 3 is 2.70 bits per heavy atom. The maximum Gasteiger partial charge on any atom is 0.232 e. The van der Waals surface area contributed by atoms with Crippen molar-refractivity contribution in [3.63, 3.8) is 0 Å². The van der Waals surface area contributed by atoms with Gasteiger partial charge < -0.3 is 10.1 Å². The van der Waals surface area contributed by atoms with Gasteiger partial charge in [0.15, 0.2) is 0 Å². The molecule has 0 radical (unpaired) electrons. The van der Waals surface area contributed by atoms with Gasteiger partial charge in [0.2, 0.25) is 16.9 Å². The first-order chi connectivity index (χ1) is 12.9. The zero-order valence-electron chi connectivity index (χ0n) is 15.0. The first-order valence-electron chi connectivity index (χ1n) is 8.41. The van der Waals surface area contributed by atoms with Crippen molar-refractivity contribution >= 4 is 34.0 Å². The second kappa shape index (κ2) is 6.58. The standard InChI is InChI=1S/C19H17ClN4O2S/c1-10-23-24-18(27-10)22-17(25)19(2,3)15-11-6-4-5-7-13(11)26-16-12(15)8-9-14(20)21-16/h4-9,15H,1-3H3,(H,22,24,25)/t15-/m0/s1. The molecule has 27 heavy (non-hydrogen) atoms. The van der Waals surface area contributed by atoms with Crippen molar-refractivity contribution in [2.75, 3.05) is 5.32 Å². The van der Waals surface area contributed by atoms with E-state index in [1.165, 1.54) is 11.3 Å². The number of nitrogens with zero attached hydrogens (tertiary/aromatic N) is 3. The normalized spacial score (nSPS) is 15.5. The summed E-state index contributed by atoms with van der Waals surface area (Å²) in [6.45, 7) is 5.65. The van der Waals surface area contributed by atoms with Crippen molar-refractivity contribution in [3.8, 4) is 11.6 Å². The number of aromatic nitrogens is 3. The van der Waals surface area contributed by atoms with Gasteiger partial charge in [-0.05, 0) is 25.1 Å². The van der Waals surface area contributed by atoms with Crippen molar-refractivity contribution in [3.05, 3.63) is 57.7 Å². The first-order valence-corrected chi connectivity index (χ1v) is 9.60. The Morgan fingerprint density at radius 2 is 1.96 bits per heavy atom. The molecule has 0 saturated heterocycles. The number of hydrogen-bond donors (Lipinski definition) is 1. The predicted molar refractivity (Wildman–Crippen MR) is 105 cm³/mol. The Kier molecular flexibility index (Phi) is 4.36. The van der Waals surface area contributed by atoms with E-state index < -0.39 is 5.41 Å². The third-order valence-electron chi connectivity index (χ3n) is 4.66. The number of halogens is 1. The van der Waals surface area contributed by atoms with Gasteiger partial charge in [0.1, 0.15) is 15.9 Å². The summed E-state index contributed by atoms with van der Waals surface area (Å²) in [4.78, 5) is 17.5. The number of hydrogen-bond acceptors (Lipinski definition) is 6. The number of carbonyl (C=O) groups is 1. The molecule has 0 unspecified atom stereocenters. The van der Waals surface area contributed by atoms with Gasteiger partial charge in [0.25, 0.3) is 0 Å². The number of nitrogens with one attached hydrogen (secondary N) is 1. The van der Waals surface area contributed by atoms with E-state index in [-0.39, 0.29) is 11.8 Å². The van der Waals surface area contributed by atoms with Crippen LogP contribution in [0.4, 0.5) is 5.13 Å². The van der Waals surface area contributed by atoms with Gasteiger partial charge in [0.05, 0.1) is 5.41 Å². The van der Waals surface area contributed by atoms with Crippen LogP contribution < -0.4 is 10.1 Å². The lowest BCUT2D eigenvalue weighted by Gasteiger charge is -2.37. The van der Waals surface area contributed by atoms with Gasteiger partial charge in [0, 0.05) is 17.0 Å². The summed E-state index contributed by atoms with van der Waals surface area (Å²) in [5, 5.41) is 12.5. The molecular formula is C19H17ClN4O2S. The summed E-state index contributed by atoms with van der Waals surface area (Å²) in [6, 6.07) is 11.3. The molecule has 4 rings (SSSR count). The lowest BCUT2D eigenvalue weighted by Crippen LogP contribution is -2.38. The summed E-state index contributed by atoms with van der Waals surface area (Å²) in [6.07, 6.45) is 0. The fourth-order valence-electron chi connectivity index (χ4n) is 3.33. The molecule has 1 aliphatic rings. The van der Waals surface area contributed by atoms with E-state index in [0.29, 0.717) is 21.9 Å². The molecule has 0 spiro atoms. The smallest absolute Gasteiger partial charge is 0.232 e. The summed E-state index contributed by atoms with van der Waals surface area (Å²) in [5.74, 6) is 0.703. The Labute approximate surface area is 165 Å². The SMILES string of the molecule is Cc1nnc(NC(=O)C(C)(C)[C@H]2c3ccccc3Oc3nc(Cl)ccc32)s1. The third kappa shape index (κ3) is 3.17. The number of carbonyl (C=O) groups excluding carboxylic acids is 1. The van der Waals surface area contributed by atoms with Crippen LogP contribution in [0.15, 0.2) is 36.4 Å². The molecule has 8 heteroatoms. The van der Waals surface area contributed by atoms with Crippen LogP contribution in [-0.2, 0) is 4.79 Å². The molecule has 1 N–H and O–H groups in total. The van der Waals surface area contributed by atoms with Crippen LogP contribution >= 0.6 is 22.9 Å². The zero-order chi connectivity index (χ0) is 19.2. The minimum Gasteiger partial charge on any atom is -0.438 e. The first kappa shape index (κ1) is 17.9. The fourth-order valence-corrected chi connectivity index (χ4v) is 4.05. The molecule has 6 nitrogen and oxygen atoms in total. The van der Waals surface area contributed by atoms with Crippen LogP contribution in [0.5, 0.6) is 11.6 Å². The molecule has 138 valence electrons. The number of anilines is 1. The highest BCUT2D eigenvalue weighted by Crippen LogP contribution is 2.51. The van der Waals surface area contributed by atoms with E-state index in [1.807, 2.05) is 51.1 Å². The zero-order valence-corrected chi connectivity index (χ0v) is 16.6. The van der Waals surface area contributed by atoms with E-state index in [9.17, 15) is 4.79 Å². The van der Waals surface area contributed by atoms with E-state index in [1.54, 1.807) is 6.07 Å². The maximum absolute atomic E-state index is 13.2. The van der Waals surface area contributed by atoms with Gasteiger partial charge in [-0.3, -0.25) is 4.79 Å². The molecule has 1 amide bonds. The minimum absolute atomic E-state index is 0.152. The minimum atomic E-state index is -0.802. The largest absolute Gasteiger partial charge is 0.438 e. The molecule has 1 aromatic carbocycles. The Bertz CT molecular complexity index is 1030. The van der Waals surface area contributed by atoms with E-state index in [2.05, 4.69) is 20.5 Å². The average molecular weight is 401 g/mol. The van der Waals surface area contributed by atoms with Gasteiger partial charge in [-0.2, -0.15) is 0 Å². The molecule has 2 aromatic heterocycles. The molecule has 0 saturated carbocycles. The third-order valence-corrected chi connectivity index (χ3v) is 5.62. The van der Waals surface area contributed by atoms with Crippen LogP contribution in [0.25, 0.3) is 0 Å². The predicted octanol–water partition coefficient (Wildman–Crippen LogP) is 4.80. The number of rotatable bonds is 3. The van der Waals surface area contributed by atoms with Gasteiger partial charge in [-0.1, -0.05) is 55.0 Å². The number of para-hydroxylation sites is 1. The molecule has 1 aliphatic heterocycles. The molecule has 0 bridgehead atoms. The number of amides is 1. The van der Waals surface area contributed by atoms with Crippen molar-refractivity contribution in [1.29, 1.82) is 0 Å². The Balaban J connectivity index is 1.78. The van der Waals surface area contributed by atoms with Crippen LogP contribution in [0.3, 0.4) is 0 Å². The molecule has 1 atom stereocenters. The van der Waals surface area contributed by atoms with Crippen molar-refractivity contribution in [2.24, 2.45) is 5.41 Å². The van der Waals surface area contributed by atoms with Crippen molar-refractivity contribution in [1.82, 2.24) is 15.2 Å². The summed E-state index contributed by atoms with van der Waals surface area (Å²) < 4.78 is 5.94. The van der Waals surface area contributed by atoms with Crippen molar-refractivity contribution < 1.29 is 9.53 Å². The van der Waals surface area contributed by atoms with Crippen LogP contribution in [0.1, 0.15) is 35.9 Å². The highest BCUT2D eigenvalue weighted by Gasteiger charge is 2.44. The quantitative estimate of drug-likeness (QED) is 0.639.